The zero-order chi connectivity index (χ0) is 60.7. The van der Waals surface area contributed by atoms with Crippen LogP contribution in [0.25, 0.3) is 22.3 Å². The highest BCUT2D eigenvalue weighted by Gasteiger charge is 2.44. The first-order chi connectivity index (χ1) is 38.0. The Bertz CT molecular complexity index is 3000. The van der Waals surface area contributed by atoms with Crippen molar-refractivity contribution in [2.24, 2.45) is 0 Å². The average molecular weight is 1160 g/mol. The van der Waals surface area contributed by atoms with Crippen LogP contribution in [0.2, 0.25) is 0 Å². The molecule has 0 aliphatic carbocycles. The van der Waals surface area contributed by atoms with E-state index in [1.54, 1.807) is 0 Å². The molecule has 440 valence electrons. The second-order valence-electron chi connectivity index (χ2n) is 21.9. The van der Waals surface area contributed by atoms with E-state index in [9.17, 15) is 62.3 Å². The normalized spacial score (nSPS) is 15.2. The molecule has 2 amide bonds. The summed E-state index contributed by atoms with van der Waals surface area (Å²) in [6, 6.07) is 21.4. The highest BCUT2D eigenvalue weighted by molar-refractivity contribution is 6.04. The molecule has 2 aliphatic rings. The molecule has 22 heteroatoms. The molecule has 10 nitrogen and oxygen atoms in total. The van der Waals surface area contributed by atoms with Gasteiger partial charge in [-0.1, -0.05) is 48.5 Å². The maximum atomic E-state index is 13.9. The van der Waals surface area contributed by atoms with Crippen LogP contribution in [0.15, 0.2) is 109 Å². The first-order valence-electron chi connectivity index (χ1n) is 26.2. The lowest BCUT2D eigenvalue weighted by Crippen LogP contribution is -2.45. The molecule has 0 radical (unpaired) electrons. The molecule has 0 atom stereocenters. The molecule has 0 unspecified atom stereocenters. The monoisotopic (exact) mass is 1160 g/mol. The van der Waals surface area contributed by atoms with Crippen LogP contribution in [0.1, 0.15) is 72.2 Å². The summed E-state index contributed by atoms with van der Waals surface area (Å²) in [6.07, 6.45) is -17.0. The zero-order valence-electron chi connectivity index (χ0n) is 47.0. The van der Waals surface area contributed by atoms with Gasteiger partial charge < -0.3 is 29.4 Å². The molecule has 8 rings (SSSR count). The number of hydrogen-bond donors (Lipinski definition) is 0. The molecule has 2 saturated heterocycles. The number of aryl methyl sites for hydroxylation is 2. The van der Waals surface area contributed by atoms with E-state index in [0.29, 0.717) is 58.4 Å². The van der Waals surface area contributed by atoms with Gasteiger partial charge in [-0.25, -0.2) is 9.97 Å². The Labute approximate surface area is 469 Å². The Morgan fingerprint density at radius 3 is 0.951 bits per heavy atom. The van der Waals surface area contributed by atoms with Crippen LogP contribution in [0.3, 0.4) is 0 Å². The highest BCUT2D eigenvalue weighted by atomic mass is 19.4. The maximum Gasteiger partial charge on any atom is 0.416 e. The van der Waals surface area contributed by atoms with Crippen LogP contribution >= 0.6 is 0 Å². The number of likely N-dealkylation sites (N-methyl/N-ethyl adjacent to an activating group) is 4. The van der Waals surface area contributed by atoms with E-state index in [-0.39, 0.29) is 12.1 Å². The molecule has 0 N–H and O–H groups in total. The van der Waals surface area contributed by atoms with Crippen LogP contribution in [-0.2, 0) is 45.1 Å². The third-order valence-electron chi connectivity index (χ3n) is 15.3. The predicted octanol–water partition coefficient (Wildman–Crippen LogP) is 13.6. The minimum Gasteiger partial charge on any atom is -0.354 e. The molecule has 0 saturated carbocycles. The number of amides is 2. The van der Waals surface area contributed by atoms with Crippen LogP contribution in [0.4, 0.5) is 75.7 Å². The van der Waals surface area contributed by atoms with Crippen LogP contribution in [0.5, 0.6) is 0 Å². The minimum absolute atomic E-state index is 0.0606. The third kappa shape index (κ3) is 13.8. The van der Waals surface area contributed by atoms with E-state index in [1.165, 1.54) is 64.0 Å². The molecule has 2 aliphatic heterocycles. The number of alkyl halides is 12. The van der Waals surface area contributed by atoms with E-state index in [2.05, 4.69) is 29.6 Å². The van der Waals surface area contributed by atoms with Gasteiger partial charge in [-0.2, -0.15) is 52.7 Å². The van der Waals surface area contributed by atoms with Gasteiger partial charge in [0.25, 0.3) is 0 Å². The van der Waals surface area contributed by atoms with Crippen LogP contribution < -0.4 is 19.6 Å². The summed E-state index contributed by atoms with van der Waals surface area (Å²) in [5.74, 6) is 0.0590. The third-order valence-corrected chi connectivity index (χ3v) is 15.3. The number of benzene rings is 4. The van der Waals surface area contributed by atoms with E-state index in [4.69, 9.17) is 0 Å². The standard InChI is InChI=1S/2C30H32F6N4O/c2*1-19-8-6-7-9-23(19)24-17-26(40-12-10-38(4)11-13-40)37-18-25(24)39(5)27(41)28(2,3)20-14-21(29(31,32)33)16-22(15-20)30(34,35)36/h2*6-9,14-18H,10-13H2,1-5H3. The van der Waals surface area contributed by atoms with Crippen molar-refractivity contribution in [1.29, 1.82) is 0 Å². The van der Waals surface area contributed by atoms with Crippen LogP contribution in [0, 0.1) is 13.8 Å². The van der Waals surface area contributed by atoms with Gasteiger partial charge in [0, 0.05) is 77.6 Å². The van der Waals surface area contributed by atoms with Crippen molar-refractivity contribution >= 4 is 34.8 Å². The second kappa shape index (κ2) is 23.6. The van der Waals surface area contributed by atoms with Gasteiger partial charge in [-0.15, -0.1) is 0 Å². The van der Waals surface area contributed by atoms with Crippen molar-refractivity contribution in [2.45, 2.75) is 77.1 Å². The molecule has 2 aromatic heterocycles. The van der Waals surface area contributed by atoms with Gasteiger partial charge in [-0.05, 0) is 138 Å². The van der Waals surface area contributed by atoms with Crippen LogP contribution in [-0.4, -0.2) is 112 Å². The van der Waals surface area contributed by atoms with Gasteiger partial charge >= 0.3 is 24.7 Å². The summed E-state index contributed by atoms with van der Waals surface area (Å²) in [5.41, 5.74) is -4.49. The molecular weight excluding hydrogens is 1090 g/mol. The SMILES string of the molecule is Cc1ccccc1-c1cc(N2CCN(C)CC2)ncc1N(C)C(=O)C(C)(C)c1cc(C(F)(F)F)cc(C(F)(F)F)c1.Cc1ccccc1-c1cc(N2CCN(C)CC2)ncc1N(C)C(=O)C(C)(C)c1cc(C(F)(F)F)cc(C(F)(F)F)c1. The smallest absolute Gasteiger partial charge is 0.354 e. The largest absolute Gasteiger partial charge is 0.416 e. The Hall–Kier alpha value is -7.20. The van der Waals surface area contributed by atoms with Gasteiger partial charge in [-0.3, -0.25) is 9.59 Å². The molecule has 4 heterocycles. The van der Waals surface area contributed by atoms with E-state index in [1.807, 2.05) is 88.6 Å². The van der Waals surface area contributed by atoms with Crippen molar-refractivity contribution in [3.8, 4) is 22.3 Å². The molecule has 6 aromatic rings. The summed E-state index contributed by atoms with van der Waals surface area (Å²) in [4.78, 5) is 48.2. The van der Waals surface area contributed by atoms with E-state index in [0.717, 1.165) is 74.6 Å². The molecule has 82 heavy (non-hydrogen) atoms. The molecule has 0 bridgehead atoms. The van der Waals surface area contributed by atoms with Gasteiger partial charge in [0.15, 0.2) is 0 Å². The van der Waals surface area contributed by atoms with Crippen molar-refractivity contribution in [3.63, 3.8) is 0 Å². The fourth-order valence-electron chi connectivity index (χ4n) is 9.94. The number of hydrogen-bond acceptors (Lipinski definition) is 8. The zero-order valence-corrected chi connectivity index (χ0v) is 47.0. The van der Waals surface area contributed by atoms with Gasteiger partial charge in [0.2, 0.25) is 11.8 Å². The quantitative estimate of drug-likeness (QED) is 0.126. The van der Waals surface area contributed by atoms with Crippen molar-refractivity contribution < 1.29 is 62.3 Å². The fraction of sp³-hybridized carbons (Fsp3) is 0.400. The van der Waals surface area contributed by atoms with Gasteiger partial charge in [0.05, 0.1) is 56.9 Å². The maximum absolute atomic E-state index is 13.9. The lowest BCUT2D eigenvalue weighted by Gasteiger charge is -2.35. The summed E-state index contributed by atoms with van der Waals surface area (Å²) in [6.45, 7) is 15.6. The topological polar surface area (TPSA) is 79.4 Å². The van der Waals surface area contributed by atoms with Crippen molar-refractivity contribution in [3.05, 3.63) is 154 Å². The summed E-state index contributed by atoms with van der Waals surface area (Å²) >= 11 is 0. The Morgan fingerprint density at radius 1 is 0.415 bits per heavy atom. The Balaban J connectivity index is 0.000000236. The number of carbonyl (C=O) groups is 2. The lowest BCUT2D eigenvalue weighted by molar-refractivity contribution is -0.144. The molecule has 4 aromatic carbocycles. The first kappa shape index (κ1) is 62.4. The van der Waals surface area contributed by atoms with Crippen molar-refractivity contribution in [1.82, 2.24) is 19.8 Å². The number of piperazine rings is 2. The number of pyridine rings is 2. The minimum atomic E-state index is -5.03. The number of anilines is 4. The average Bonchev–Trinajstić information content (AvgIpc) is 3.50. The highest BCUT2D eigenvalue weighted by Crippen LogP contribution is 2.44. The Kier molecular flexibility index (Phi) is 17.9. The lowest BCUT2D eigenvalue weighted by atomic mass is 9.81. The summed E-state index contributed by atoms with van der Waals surface area (Å²) < 4.78 is 163. The molecule has 0 spiro atoms. The number of aromatic nitrogens is 2. The number of rotatable bonds is 10. The predicted molar refractivity (Wildman–Crippen MR) is 294 cm³/mol. The molecular formula is C60H64F12N8O2. The second-order valence-corrected chi connectivity index (χ2v) is 21.9. The van der Waals surface area contributed by atoms with E-state index >= 15 is 0 Å². The van der Waals surface area contributed by atoms with Crippen molar-refractivity contribution in [2.75, 3.05) is 100 Å². The Morgan fingerprint density at radius 2 is 0.683 bits per heavy atom. The molecule has 2 fully saturated rings. The number of nitrogens with zero attached hydrogens (tertiary/aromatic N) is 8. The number of carbonyl (C=O) groups excluding carboxylic acids is 2. The first-order valence-corrected chi connectivity index (χ1v) is 26.2. The van der Waals surface area contributed by atoms with E-state index < -0.39 is 80.7 Å². The number of halogens is 12. The summed E-state index contributed by atoms with van der Waals surface area (Å²) in [5, 5.41) is 0. The van der Waals surface area contributed by atoms with Gasteiger partial charge in [0.1, 0.15) is 11.6 Å². The summed E-state index contributed by atoms with van der Waals surface area (Å²) in [7, 11) is 6.99. The fourth-order valence-corrected chi connectivity index (χ4v) is 9.94.